The molecular weight excluding hydrogens is 426 g/mol. The summed E-state index contributed by atoms with van der Waals surface area (Å²) in [7, 11) is -3.78. The molecule has 0 aliphatic heterocycles. The highest BCUT2D eigenvalue weighted by Gasteiger charge is 2.21. The topological polar surface area (TPSA) is 141 Å². The van der Waals surface area contributed by atoms with Crippen molar-refractivity contribution in [3.8, 4) is 5.75 Å². The highest BCUT2D eigenvalue weighted by atomic mass is 32.2. The van der Waals surface area contributed by atoms with Gasteiger partial charge in [0.05, 0.1) is 24.5 Å². The van der Waals surface area contributed by atoms with Gasteiger partial charge in [0.25, 0.3) is 11.8 Å². The minimum atomic E-state index is -3.78. The maximum atomic E-state index is 12.4. The first-order valence-corrected chi connectivity index (χ1v) is 11.9. The molecule has 0 spiro atoms. The van der Waals surface area contributed by atoms with Crippen LogP contribution in [0.2, 0.25) is 0 Å². The number of nitrogens with one attached hydrogen (secondary N) is 2. The van der Waals surface area contributed by atoms with Gasteiger partial charge in [0.2, 0.25) is 10.0 Å². The number of amides is 2. The number of rotatable bonds is 13. The van der Waals surface area contributed by atoms with Crippen molar-refractivity contribution in [1.82, 2.24) is 15.0 Å². The molecule has 0 radical (unpaired) electrons. The lowest BCUT2D eigenvalue weighted by Gasteiger charge is -2.13. The third kappa shape index (κ3) is 9.77. The summed E-state index contributed by atoms with van der Waals surface area (Å²) in [6.07, 6.45) is 2.86. The van der Waals surface area contributed by atoms with Crippen molar-refractivity contribution in [3.63, 3.8) is 0 Å². The first kappa shape index (κ1) is 26.3. The van der Waals surface area contributed by atoms with Crippen LogP contribution in [0.1, 0.15) is 67.8 Å². The van der Waals surface area contributed by atoms with E-state index >= 15 is 0 Å². The number of hydrogen-bond donors (Lipinski definition) is 2. The second-order valence-electron chi connectivity index (χ2n) is 7.19. The third-order valence-corrected chi connectivity index (χ3v) is 5.32. The maximum Gasteiger partial charge on any atom is 0.325 e. The molecule has 31 heavy (non-hydrogen) atoms. The molecule has 0 fully saturated rings. The Balaban J connectivity index is 3.04. The molecule has 0 saturated carbocycles. The maximum absolute atomic E-state index is 12.4. The summed E-state index contributed by atoms with van der Waals surface area (Å²) in [6, 6.07) is 1.26. The van der Waals surface area contributed by atoms with E-state index in [2.05, 4.69) is 10.3 Å². The molecule has 0 saturated heterocycles. The Labute approximate surface area is 183 Å². The van der Waals surface area contributed by atoms with Crippen LogP contribution >= 0.6 is 0 Å². The molecule has 11 heteroatoms. The summed E-state index contributed by atoms with van der Waals surface area (Å²) in [5.41, 5.74) is -0.194. The SMILES string of the molecule is CCCCS(=O)(=O)NC(=O)c1cnc(C(=O)NCC(=O)OCC)c(OCCC(C)C)c1. The number of hydrogen-bond acceptors (Lipinski definition) is 8. The highest BCUT2D eigenvalue weighted by Crippen LogP contribution is 2.19. The van der Waals surface area contributed by atoms with Crippen LogP contribution in [0.4, 0.5) is 0 Å². The fourth-order valence-corrected chi connectivity index (χ4v) is 3.46. The van der Waals surface area contributed by atoms with Crippen LogP contribution in [0.5, 0.6) is 5.75 Å². The molecule has 0 unspecified atom stereocenters. The number of carbonyl (C=O) groups excluding carboxylic acids is 3. The predicted octanol–water partition coefficient (Wildman–Crippen LogP) is 1.66. The van der Waals surface area contributed by atoms with Crippen molar-refractivity contribution in [1.29, 1.82) is 0 Å². The van der Waals surface area contributed by atoms with Crippen LogP contribution in [0.3, 0.4) is 0 Å². The van der Waals surface area contributed by atoms with Gasteiger partial charge < -0.3 is 14.8 Å². The molecule has 2 N–H and O–H groups in total. The molecule has 0 bridgehead atoms. The first-order valence-electron chi connectivity index (χ1n) is 10.2. The van der Waals surface area contributed by atoms with Crippen LogP contribution in [-0.2, 0) is 19.6 Å². The van der Waals surface area contributed by atoms with Crippen molar-refractivity contribution < 1.29 is 32.3 Å². The molecule has 1 heterocycles. The molecule has 0 aromatic carbocycles. The zero-order valence-electron chi connectivity index (χ0n) is 18.4. The Morgan fingerprint density at radius 3 is 2.48 bits per heavy atom. The van der Waals surface area contributed by atoms with E-state index < -0.39 is 27.8 Å². The van der Waals surface area contributed by atoms with Crippen molar-refractivity contribution in [2.45, 2.75) is 47.0 Å². The van der Waals surface area contributed by atoms with E-state index in [0.29, 0.717) is 25.2 Å². The Bertz CT molecular complexity index is 870. The average molecular weight is 458 g/mol. The highest BCUT2D eigenvalue weighted by molar-refractivity contribution is 7.90. The van der Waals surface area contributed by atoms with Crippen LogP contribution < -0.4 is 14.8 Å². The molecule has 0 aliphatic rings. The summed E-state index contributed by atoms with van der Waals surface area (Å²) in [5, 5.41) is 2.38. The van der Waals surface area contributed by atoms with Gasteiger partial charge in [0.15, 0.2) is 11.4 Å². The largest absolute Gasteiger partial charge is 0.491 e. The Morgan fingerprint density at radius 2 is 1.87 bits per heavy atom. The number of sulfonamides is 1. The monoisotopic (exact) mass is 457 g/mol. The number of carbonyl (C=O) groups is 3. The molecule has 0 aliphatic carbocycles. The standard InChI is InChI=1S/C20H31N3O7S/c1-5-7-10-31(27,28)23-19(25)15-11-16(30-9-8-14(3)4)18(21-12-15)20(26)22-13-17(24)29-6-2/h11-12,14H,5-10,13H2,1-4H3,(H,22,26)(H,23,25). The summed E-state index contributed by atoms with van der Waals surface area (Å²) in [4.78, 5) is 40.3. The van der Waals surface area contributed by atoms with E-state index in [1.54, 1.807) is 6.92 Å². The first-order chi connectivity index (χ1) is 14.6. The predicted molar refractivity (Wildman–Crippen MR) is 114 cm³/mol. The van der Waals surface area contributed by atoms with Crippen molar-refractivity contribution in [2.75, 3.05) is 25.5 Å². The lowest BCUT2D eigenvalue weighted by atomic mass is 10.1. The molecule has 0 atom stereocenters. The van der Waals surface area contributed by atoms with Gasteiger partial charge in [-0.25, -0.2) is 18.1 Å². The van der Waals surface area contributed by atoms with Crippen molar-refractivity contribution in [3.05, 3.63) is 23.5 Å². The number of nitrogens with zero attached hydrogens (tertiary/aromatic N) is 1. The van der Waals surface area contributed by atoms with Crippen molar-refractivity contribution in [2.24, 2.45) is 5.92 Å². The fraction of sp³-hybridized carbons (Fsp3) is 0.600. The second kappa shape index (κ2) is 12.9. The summed E-state index contributed by atoms with van der Waals surface area (Å²) in [5.74, 6) is -1.98. The average Bonchev–Trinajstić information content (AvgIpc) is 2.70. The van der Waals surface area contributed by atoms with E-state index in [0.717, 1.165) is 6.20 Å². The minimum absolute atomic E-state index is 0.0145. The number of unbranched alkanes of at least 4 members (excludes halogenated alkanes) is 1. The number of ether oxygens (including phenoxy) is 2. The van der Waals surface area contributed by atoms with E-state index in [-0.39, 0.29) is 42.5 Å². The van der Waals surface area contributed by atoms with Crippen molar-refractivity contribution >= 4 is 27.8 Å². The smallest absolute Gasteiger partial charge is 0.325 e. The molecule has 1 rings (SSSR count). The molecule has 2 amide bonds. The zero-order valence-corrected chi connectivity index (χ0v) is 19.2. The molecule has 174 valence electrons. The zero-order chi connectivity index (χ0) is 23.4. The van der Waals surface area contributed by atoms with E-state index in [9.17, 15) is 22.8 Å². The van der Waals surface area contributed by atoms with Crippen LogP contribution in [0.25, 0.3) is 0 Å². The van der Waals surface area contributed by atoms with Gasteiger partial charge in [-0.3, -0.25) is 14.4 Å². The van der Waals surface area contributed by atoms with Gasteiger partial charge in [0, 0.05) is 6.20 Å². The Morgan fingerprint density at radius 1 is 1.16 bits per heavy atom. The van der Waals surface area contributed by atoms with E-state index in [1.165, 1.54) is 6.07 Å². The Hall–Kier alpha value is -2.69. The lowest BCUT2D eigenvalue weighted by Crippen LogP contribution is -2.33. The van der Waals surface area contributed by atoms with Crippen LogP contribution in [-0.4, -0.2) is 56.7 Å². The lowest BCUT2D eigenvalue weighted by molar-refractivity contribution is -0.141. The molecule has 1 aromatic heterocycles. The number of pyridine rings is 1. The molecular formula is C20H31N3O7S. The minimum Gasteiger partial charge on any atom is -0.491 e. The molecule has 1 aromatic rings. The summed E-state index contributed by atoms with van der Waals surface area (Å²) >= 11 is 0. The quantitative estimate of drug-likeness (QED) is 0.426. The van der Waals surface area contributed by atoms with Gasteiger partial charge in [-0.05, 0) is 31.7 Å². The van der Waals surface area contributed by atoms with Gasteiger partial charge in [-0.1, -0.05) is 27.2 Å². The fourth-order valence-electron chi connectivity index (χ4n) is 2.29. The number of esters is 1. The normalized spacial score (nSPS) is 11.1. The van der Waals surface area contributed by atoms with Crippen LogP contribution in [0.15, 0.2) is 12.3 Å². The summed E-state index contributed by atoms with van der Waals surface area (Å²) in [6.45, 7) is 7.58. The van der Waals surface area contributed by atoms with E-state index in [1.807, 2.05) is 25.5 Å². The summed E-state index contributed by atoms with van der Waals surface area (Å²) < 4.78 is 36.4. The molecule has 10 nitrogen and oxygen atoms in total. The second-order valence-corrected chi connectivity index (χ2v) is 9.03. The van der Waals surface area contributed by atoms with Gasteiger partial charge >= 0.3 is 5.97 Å². The van der Waals surface area contributed by atoms with Gasteiger partial charge in [0.1, 0.15) is 6.54 Å². The third-order valence-electron chi connectivity index (χ3n) is 4.00. The van der Waals surface area contributed by atoms with Gasteiger partial charge in [-0.2, -0.15) is 0 Å². The van der Waals surface area contributed by atoms with Crippen LogP contribution in [0, 0.1) is 5.92 Å². The number of aromatic nitrogens is 1. The van der Waals surface area contributed by atoms with E-state index in [4.69, 9.17) is 9.47 Å². The van der Waals surface area contributed by atoms with Gasteiger partial charge in [-0.15, -0.1) is 0 Å². The Kier molecular flexibility index (Phi) is 10.9.